The number of ketones is 2. The van der Waals surface area contributed by atoms with Crippen LogP contribution in [0.1, 0.15) is 65.2 Å². The molecule has 4 rings (SSSR count). The second-order valence-corrected chi connectivity index (χ2v) is 8.96. The van der Waals surface area contributed by atoms with Crippen LogP contribution in [0.25, 0.3) is 0 Å². The summed E-state index contributed by atoms with van der Waals surface area (Å²) >= 11 is 0. The quantitative estimate of drug-likeness (QED) is 0.748. The number of carbonyl (C=O) groups excluding carboxylic acids is 2. The van der Waals surface area contributed by atoms with Gasteiger partial charge in [-0.3, -0.25) is 9.59 Å². The van der Waals surface area contributed by atoms with Crippen molar-refractivity contribution in [2.24, 2.45) is 34.5 Å². The summed E-state index contributed by atoms with van der Waals surface area (Å²) in [6.07, 6.45) is 6.73. The molecule has 0 unspecified atom stereocenters. The summed E-state index contributed by atoms with van der Waals surface area (Å²) in [6.45, 7) is 4.49. The fourth-order valence-electron chi connectivity index (χ4n) is 6.68. The van der Waals surface area contributed by atoms with Gasteiger partial charge in [0, 0.05) is 24.2 Å². The van der Waals surface area contributed by atoms with E-state index in [0.29, 0.717) is 36.2 Å². The second-order valence-electron chi connectivity index (χ2n) is 8.96. The largest absolute Gasteiger partial charge is 0.393 e. The predicted octanol–water partition coefficient (Wildman–Crippen LogP) is 3.14. The second kappa shape index (κ2) is 4.66. The van der Waals surface area contributed by atoms with Crippen LogP contribution < -0.4 is 0 Å². The molecule has 0 bridgehead atoms. The van der Waals surface area contributed by atoms with Gasteiger partial charge in [0.15, 0.2) is 0 Å². The SMILES string of the molecule is C[C@@]12CC[C@H](O)C[C@@H]1CC(=O)[C@H]1[C@H]3CCC(=O)[C@]3(C)CC[C@@H]12. The fraction of sp³-hybridized carbons (Fsp3) is 0.895. The van der Waals surface area contributed by atoms with Crippen molar-refractivity contribution in [1.29, 1.82) is 0 Å². The summed E-state index contributed by atoms with van der Waals surface area (Å²) in [6, 6.07) is 0. The van der Waals surface area contributed by atoms with E-state index in [1.165, 1.54) is 0 Å². The topological polar surface area (TPSA) is 54.4 Å². The van der Waals surface area contributed by atoms with E-state index in [1.807, 2.05) is 0 Å². The van der Waals surface area contributed by atoms with E-state index in [1.54, 1.807) is 0 Å². The molecule has 7 atom stereocenters. The molecule has 0 radical (unpaired) electrons. The Labute approximate surface area is 132 Å². The minimum atomic E-state index is -0.228. The molecule has 0 heterocycles. The Morgan fingerprint density at radius 1 is 1.05 bits per heavy atom. The number of aliphatic hydroxyl groups is 1. The molecular weight excluding hydrogens is 276 g/mol. The zero-order valence-electron chi connectivity index (χ0n) is 13.8. The van der Waals surface area contributed by atoms with Crippen LogP contribution in [0.2, 0.25) is 0 Å². The van der Waals surface area contributed by atoms with Gasteiger partial charge >= 0.3 is 0 Å². The lowest BCUT2D eigenvalue weighted by Crippen LogP contribution is -2.57. The molecule has 0 spiro atoms. The maximum atomic E-state index is 12.9. The van der Waals surface area contributed by atoms with E-state index in [9.17, 15) is 14.7 Å². The van der Waals surface area contributed by atoms with Gasteiger partial charge in [-0.15, -0.1) is 0 Å². The Bertz CT molecular complexity index is 527. The van der Waals surface area contributed by atoms with Crippen LogP contribution in [0.5, 0.6) is 0 Å². The summed E-state index contributed by atoms with van der Waals surface area (Å²) in [5.41, 5.74) is -0.0288. The minimum Gasteiger partial charge on any atom is -0.393 e. The zero-order valence-corrected chi connectivity index (χ0v) is 13.8. The molecule has 4 fully saturated rings. The van der Waals surface area contributed by atoms with Crippen LogP contribution in [-0.2, 0) is 9.59 Å². The van der Waals surface area contributed by atoms with Crippen LogP contribution in [-0.4, -0.2) is 22.8 Å². The van der Waals surface area contributed by atoms with Crippen LogP contribution in [0.3, 0.4) is 0 Å². The van der Waals surface area contributed by atoms with E-state index in [-0.39, 0.29) is 28.8 Å². The van der Waals surface area contributed by atoms with Gasteiger partial charge in [0.1, 0.15) is 11.6 Å². The number of aliphatic hydroxyl groups excluding tert-OH is 1. The summed E-state index contributed by atoms with van der Waals surface area (Å²) in [5.74, 6) is 1.99. The first kappa shape index (κ1) is 14.9. The summed E-state index contributed by atoms with van der Waals surface area (Å²) in [4.78, 5) is 25.3. The van der Waals surface area contributed by atoms with Crippen molar-refractivity contribution in [3.8, 4) is 0 Å². The van der Waals surface area contributed by atoms with Crippen molar-refractivity contribution in [2.45, 2.75) is 71.3 Å². The van der Waals surface area contributed by atoms with Gasteiger partial charge in [0.2, 0.25) is 0 Å². The third-order valence-corrected chi connectivity index (χ3v) is 8.15. The highest BCUT2D eigenvalue weighted by atomic mass is 16.3. The third-order valence-electron chi connectivity index (χ3n) is 8.15. The molecule has 1 N–H and O–H groups in total. The van der Waals surface area contributed by atoms with Crippen LogP contribution in [0.15, 0.2) is 0 Å². The number of Topliss-reactive ketones (excluding diaryl/α,β-unsaturated/α-hetero) is 2. The normalized spacial score (nSPS) is 54.6. The van der Waals surface area contributed by atoms with Crippen molar-refractivity contribution < 1.29 is 14.7 Å². The molecule has 0 saturated heterocycles. The maximum Gasteiger partial charge on any atom is 0.139 e. The molecule has 4 aliphatic carbocycles. The van der Waals surface area contributed by atoms with E-state index in [0.717, 1.165) is 38.5 Å². The van der Waals surface area contributed by atoms with Gasteiger partial charge in [-0.2, -0.15) is 0 Å². The van der Waals surface area contributed by atoms with E-state index in [2.05, 4.69) is 13.8 Å². The molecule has 0 aliphatic heterocycles. The van der Waals surface area contributed by atoms with Gasteiger partial charge in [-0.1, -0.05) is 13.8 Å². The van der Waals surface area contributed by atoms with Crippen molar-refractivity contribution in [1.82, 2.24) is 0 Å². The lowest BCUT2D eigenvalue weighted by Gasteiger charge is -2.59. The van der Waals surface area contributed by atoms with E-state index in [4.69, 9.17) is 0 Å². The highest BCUT2D eigenvalue weighted by Gasteiger charge is 2.62. The first-order chi connectivity index (χ1) is 10.4. The van der Waals surface area contributed by atoms with Crippen molar-refractivity contribution >= 4 is 11.6 Å². The molecular formula is C19H28O3. The standard InChI is InChI=1S/C19H28O3/c1-18-7-5-12(20)9-11(18)10-15(21)17-13-3-4-16(22)19(13,2)8-6-14(17)18/h11-14,17,20H,3-10H2,1-2H3/t11-,12+,13-,14+,17+,18-,19-/m1/s1. The minimum absolute atomic E-state index is 0.113. The number of fused-ring (bicyclic) bond motifs is 5. The summed E-state index contributed by atoms with van der Waals surface area (Å²) in [5, 5.41) is 10.0. The molecule has 0 aromatic heterocycles. The van der Waals surface area contributed by atoms with Gasteiger partial charge < -0.3 is 5.11 Å². The highest BCUT2D eigenvalue weighted by molar-refractivity contribution is 5.90. The average Bonchev–Trinajstić information content (AvgIpc) is 2.77. The van der Waals surface area contributed by atoms with Crippen LogP contribution in [0.4, 0.5) is 0 Å². The Balaban J connectivity index is 1.70. The van der Waals surface area contributed by atoms with Crippen molar-refractivity contribution in [3.05, 3.63) is 0 Å². The lowest BCUT2D eigenvalue weighted by molar-refractivity contribution is -0.160. The number of hydrogen-bond acceptors (Lipinski definition) is 3. The highest BCUT2D eigenvalue weighted by Crippen LogP contribution is 2.64. The maximum absolute atomic E-state index is 12.9. The molecule has 0 amide bonds. The predicted molar refractivity (Wildman–Crippen MR) is 83.1 cm³/mol. The van der Waals surface area contributed by atoms with Gasteiger partial charge in [-0.25, -0.2) is 0 Å². The molecule has 3 heteroatoms. The smallest absolute Gasteiger partial charge is 0.139 e. The number of hydrogen-bond donors (Lipinski definition) is 1. The monoisotopic (exact) mass is 304 g/mol. The van der Waals surface area contributed by atoms with Crippen LogP contribution in [0, 0.1) is 34.5 Å². The molecule has 122 valence electrons. The van der Waals surface area contributed by atoms with E-state index < -0.39 is 0 Å². The van der Waals surface area contributed by atoms with E-state index >= 15 is 0 Å². The Hall–Kier alpha value is -0.700. The molecule has 3 nitrogen and oxygen atoms in total. The third kappa shape index (κ3) is 1.78. The number of rotatable bonds is 0. The lowest BCUT2D eigenvalue weighted by atomic mass is 9.45. The Morgan fingerprint density at radius 3 is 2.59 bits per heavy atom. The van der Waals surface area contributed by atoms with Crippen molar-refractivity contribution in [3.63, 3.8) is 0 Å². The van der Waals surface area contributed by atoms with Crippen molar-refractivity contribution in [2.75, 3.05) is 0 Å². The Morgan fingerprint density at radius 2 is 1.82 bits per heavy atom. The van der Waals surface area contributed by atoms with Gasteiger partial charge in [-0.05, 0) is 61.7 Å². The molecule has 22 heavy (non-hydrogen) atoms. The molecule has 0 aromatic rings. The Kier molecular flexibility index (Phi) is 3.15. The zero-order chi connectivity index (χ0) is 15.7. The fourth-order valence-corrected chi connectivity index (χ4v) is 6.68. The first-order valence-electron chi connectivity index (χ1n) is 9.10. The number of carbonyl (C=O) groups is 2. The summed E-state index contributed by atoms with van der Waals surface area (Å²) < 4.78 is 0. The van der Waals surface area contributed by atoms with Crippen LogP contribution >= 0.6 is 0 Å². The molecule has 4 aliphatic rings. The van der Waals surface area contributed by atoms with Gasteiger partial charge in [0.05, 0.1) is 6.10 Å². The average molecular weight is 304 g/mol. The first-order valence-corrected chi connectivity index (χ1v) is 9.10. The van der Waals surface area contributed by atoms with Gasteiger partial charge in [0.25, 0.3) is 0 Å². The summed E-state index contributed by atoms with van der Waals surface area (Å²) in [7, 11) is 0. The molecule has 4 saturated carbocycles. The molecule has 0 aromatic carbocycles.